The van der Waals surface area contributed by atoms with Gasteiger partial charge in [-0.15, -0.1) is 0 Å². The quantitative estimate of drug-likeness (QED) is 0.687. The number of aliphatic hydroxyl groups is 1. The molecule has 0 aromatic carbocycles. The Morgan fingerprint density at radius 3 is 2.88 bits per heavy atom. The van der Waals surface area contributed by atoms with Crippen molar-refractivity contribution in [1.82, 2.24) is 10.2 Å². The molecule has 0 spiro atoms. The van der Waals surface area contributed by atoms with Crippen LogP contribution in [0.4, 0.5) is 0 Å². The maximum atomic E-state index is 11.8. The Balaban J connectivity index is 1.61. The smallest absolute Gasteiger partial charge is 0.223 e. The standard InChI is InChI=1S/C12H22N2O2/c15-8-5-10-4-7-14(9-10)12(16)3-6-13-11-1-2-11/h10-11,13,15H,1-9H2. The average Bonchev–Trinajstić information content (AvgIpc) is 2.97. The molecule has 0 radical (unpaired) electrons. The van der Waals surface area contributed by atoms with E-state index in [0.717, 1.165) is 32.5 Å². The van der Waals surface area contributed by atoms with Crippen LogP contribution < -0.4 is 5.32 Å². The predicted octanol–water partition coefficient (Wildman–Crippen LogP) is 0.359. The molecule has 4 heteroatoms. The van der Waals surface area contributed by atoms with Gasteiger partial charge in [-0.2, -0.15) is 0 Å². The van der Waals surface area contributed by atoms with Crippen LogP contribution in [-0.2, 0) is 4.79 Å². The van der Waals surface area contributed by atoms with Gasteiger partial charge in [0.2, 0.25) is 5.91 Å². The van der Waals surface area contributed by atoms with E-state index < -0.39 is 0 Å². The van der Waals surface area contributed by atoms with E-state index in [4.69, 9.17) is 5.11 Å². The number of hydrogen-bond donors (Lipinski definition) is 2. The van der Waals surface area contributed by atoms with E-state index in [1.807, 2.05) is 4.90 Å². The summed E-state index contributed by atoms with van der Waals surface area (Å²) in [6.07, 6.45) is 5.07. The van der Waals surface area contributed by atoms with Gasteiger partial charge in [0, 0.05) is 38.7 Å². The first kappa shape index (κ1) is 11.9. The molecule has 1 saturated carbocycles. The minimum atomic E-state index is 0.246. The first-order chi connectivity index (χ1) is 7.79. The highest BCUT2D eigenvalue weighted by molar-refractivity contribution is 5.76. The van der Waals surface area contributed by atoms with Crippen molar-refractivity contribution in [3.8, 4) is 0 Å². The summed E-state index contributed by atoms with van der Waals surface area (Å²) >= 11 is 0. The lowest BCUT2D eigenvalue weighted by molar-refractivity contribution is -0.130. The van der Waals surface area contributed by atoms with Crippen LogP contribution in [0.5, 0.6) is 0 Å². The second kappa shape index (κ2) is 5.64. The molecular formula is C12H22N2O2. The van der Waals surface area contributed by atoms with Crippen molar-refractivity contribution in [2.45, 2.75) is 38.1 Å². The second-order valence-corrected chi connectivity index (χ2v) is 4.99. The highest BCUT2D eigenvalue weighted by atomic mass is 16.3. The van der Waals surface area contributed by atoms with Gasteiger partial charge in [-0.05, 0) is 31.6 Å². The van der Waals surface area contributed by atoms with E-state index in [-0.39, 0.29) is 12.5 Å². The molecule has 92 valence electrons. The summed E-state index contributed by atoms with van der Waals surface area (Å²) in [5.41, 5.74) is 0. The van der Waals surface area contributed by atoms with Crippen molar-refractivity contribution >= 4 is 5.91 Å². The molecule has 2 aliphatic rings. The Labute approximate surface area is 97.0 Å². The molecule has 1 atom stereocenters. The lowest BCUT2D eigenvalue weighted by atomic mass is 10.1. The molecule has 2 N–H and O–H groups in total. The molecule has 2 rings (SSSR count). The molecule has 1 unspecified atom stereocenters. The van der Waals surface area contributed by atoms with Crippen LogP contribution in [-0.4, -0.2) is 48.2 Å². The van der Waals surface area contributed by atoms with Gasteiger partial charge in [-0.3, -0.25) is 4.79 Å². The fraction of sp³-hybridized carbons (Fsp3) is 0.917. The molecule has 0 aromatic rings. The van der Waals surface area contributed by atoms with Gasteiger partial charge in [0.1, 0.15) is 0 Å². The molecule has 16 heavy (non-hydrogen) atoms. The van der Waals surface area contributed by atoms with Crippen LogP contribution in [0.25, 0.3) is 0 Å². The van der Waals surface area contributed by atoms with Crippen LogP contribution in [0, 0.1) is 5.92 Å². The summed E-state index contributed by atoms with van der Waals surface area (Å²) in [6.45, 7) is 2.80. The predicted molar refractivity (Wildman–Crippen MR) is 62.0 cm³/mol. The molecule has 1 heterocycles. The van der Waals surface area contributed by atoms with Gasteiger partial charge in [-0.1, -0.05) is 0 Å². The lowest BCUT2D eigenvalue weighted by Crippen LogP contribution is -2.32. The van der Waals surface area contributed by atoms with E-state index in [0.29, 0.717) is 18.4 Å². The summed E-state index contributed by atoms with van der Waals surface area (Å²) in [6, 6.07) is 0.688. The van der Waals surface area contributed by atoms with Crippen molar-refractivity contribution in [3.63, 3.8) is 0 Å². The van der Waals surface area contributed by atoms with Gasteiger partial charge in [-0.25, -0.2) is 0 Å². The Morgan fingerprint density at radius 2 is 2.19 bits per heavy atom. The lowest BCUT2D eigenvalue weighted by Gasteiger charge is -2.16. The summed E-state index contributed by atoms with van der Waals surface area (Å²) in [5.74, 6) is 0.791. The van der Waals surface area contributed by atoms with Gasteiger partial charge in [0.25, 0.3) is 0 Å². The van der Waals surface area contributed by atoms with Crippen LogP contribution in [0.1, 0.15) is 32.1 Å². The maximum Gasteiger partial charge on any atom is 0.223 e. The van der Waals surface area contributed by atoms with Crippen molar-refractivity contribution in [2.24, 2.45) is 5.92 Å². The fourth-order valence-corrected chi connectivity index (χ4v) is 2.31. The number of likely N-dealkylation sites (tertiary alicyclic amines) is 1. The van der Waals surface area contributed by atoms with Crippen molar-refractivity contribution in [3.05, 3.63) is 0 Å². The topological polar surface area (TPSA) is 52.6 Å². The highest BCUT2D eigenvalue weighted by Gasteiger charge is 2.26. The number of aliphatic hydroxyl groups excluding tert-OH is 1. The largest absolute Gasteiger partial charge is 0.396 e. The third-order valence-corrected chi connectivity index (χ3v) is 3.53. The Kier molecular flexibility index (Phi) is 4.18. The van der Waals surface area contributed by atoms with Crippen molar-refractivity contribution in [2.75, 3.05) is 26.2 Å². The number of nitrogens with zero attached hydrogens (tertiary/aromatic N) is 1. The molecule has 0 bridgehead atoms. The zero-order chi connectivity index (χ0) is 11.4. The minimum Gasteiger partial charge on any atom is -0.396 e. The number of carbonyl (C=O) groups is 1. The maximum absolute atomic E-state index is 11.8. The summed E-state index contributed by atoms with van der Waals surface area (Å²) in [5, 5.41) is 12.2. The molecule has 1 aliphatic carbocycles. The van der Waals surface area contributed by atoms with Gasteiger partial charge in [0.05, 0.1) is 0 Å². The zero-order valence-corrected chi connectivity index (χ0v) is 9.82. The van der Waals surface area contributed by atoms with Crippen LogP contribution in [0.3, 0.4) is 0 Å². The second-order valence-electron chi connectivity index (χ2n) is 4.99. The number of nitrogens with one attached hydrogen (secondary N) is 1. The molecule has 1 amide bonds. The van der Waals surface area contributed by atoms with Crippen molar-refractivity contribution < 1.29 is 9.90 Å². The molecule has 0 aromatic heterocycles. The number of hydrogen-bond acceptors (Lipinski definition) is 3. The Hall–Kier alpha value is -0.610. The third kappa shape index (κ3) is 3.46. The van der Waals surface area contributed by atoms with Gasteiger partial charge < -0.3 is 15.3 Å². The summed E-state index contributed by atoms with van der Waals surface area (Å²) < 4.78 is 0. The zero-order valence-electron chi connectivity index (χ0n) is 9.82. The van der Waals surface area contributed by atoms with Gasteiger partial charge >= 0.3 is 0 Å². The molecule has 1 aliphatic heterocycles. The average molecular weight is 226 g/mol. The van der Waals surface area contributed by atoms with Gasteiger partial charge in [0.15, 0.2) is 0 Å². The van der Waals surface area contributed by atoms with Crippen LogP contribution in [0.15, 0.2) is 0 Å². The number of rotatable bonds is 6. The normalized spacial score (nSPS) is 25.1. The molecule has 4 nitrogen and oxygen atoms in total. The molecule has 2 fully saturated rings. The van der Waals surface area contributed by atoms with E-state index >= 15 is 0 Å². The summed E-state index contributed by atoms with van der Waals surface area (Å²) in [4.78, 5) is 13.8. The first-order valence-corrected chi connectivity index (χ1v) is 6.41. The van der Waals surface area contributed by atoms with Crippen LogP contribution in [0.2, 0.25) is 0 Å². The van der Waals surface area contributed by atoms with Crippen LogP contribution >= 0.6 is 0 Å². The Morgan fingerprint density at radius 1 is 1.38 bits per heavy atom. The van der Waals surface area contributed by atoms with Crippen molar-refractivity contribution in [1.29, 1.82) is 0 Å². The first-order valence-electron chi connectivity index (χ1n) is 6.41. The SMILES string of the molecule is O=C(CCNC1CC1)N1CCC(CCO)C1. The fourth-order valence-electron chi connectivity index (χ4n) is 2.31. The van der Waals surface area contributed by atoms with E-state index in [1.54, 1.807) is 0 Å². The minimum absolute atomic E-state index is 0.246. The van der Waals surface area contributed by atoms with E-state index in [1.165, 1.54) is 12.8 Å². The molecular weight excluding hydrogens is 204 g/mol. The Bertz CT molecular complexity index is 241. The van der Waals surface area contributed by atoms with E-state index in [2.05, 4.69) is 5.32 Å². The third-order valence-electron chi connectivity index (χ3n) is 3.53. The summed E-state index contributed by atoms with van der Waals surface area (Å²) in [7, 11) is 0. The number of amides is 1. The van der Waals surface area contributed by atoms with E-state index in [9.17, 15) is 4.79 Å². The monoisotopic (exact) mass is 226 g/mol. The number of carbonyl (C=O) groups excluding carboxylic acids is 1. The highest BCUT2D eigenvalue weighted by Crippen LogP contribution is 2.20. The molecule has 1 saturated heterocycles.